The highest BCUT2D eigenvalue weighted by Crippen LogP contribution is 2.31. The summed E-state index contributed by atoms with van der Waals surface area (Å²) in [5, 5.41) is 8.69. The number of carbonyl (C=O) groups excluding carboxylic acids is 1. The molecule has 0 atom stereocenters. The summed E-state index contributed by atoms with van der Waals surface area (Å²) in [5.41, 5.74) is -0.573. The monoisotopic (exact) mass is 258 g/mol. The molecule has 0 unspecified atom stereocenters. The molecule has 0 rings (SSSR count). The second-order valence-electron chi connectivity index (χ2n) is 4.83. The number of carboxylic acids is 1. The summed E-state index contributed by atoms with van der Waals surface area (Å²) in [7, 11) is 0. The summed E-state index contributed by atoms with van der Waals surface area (Å²) in [6.07, 6.45) is 7.09. The van der Waals surface area contributed by atoms with Crippen molar-refractivity contribution in [2.75, 3.05) is 0 Å². The van der Waals surface area contributed by atoms with E-state index in [0.717, 1.165) is 51.4 Å². The first-order valence-corrected chi connectivity index (χ1v) is 6.97. The fourth-order valence-electron chi connectivity index (χ4n) is 2.22. The first-order valence-electron chi connectivity index (χ1n) is 6.97. The Morgan fingerprint density at radius 1 is 0.944 bits per heavy atom. The van der Waals surface area contributed by atoms with E-state index < -0.39 is 17.5 Å². The Hall–Kier alpha value is -1.06. The minimum Gasteiger partial charge on any atom is -0.473 e. The molecular formula is C14H26O4. The fraction of sp³-hybridized carbons (Fsp3) is 0.857. The molecule has 4 heteroatoms. The normalized spacial score (nSPS) is 11.3. The molecule has 0 aliphatic rings. The Balaban J connectivity index is 4.79. The van der Waals surface area contributed by atoms with Crippen molar-refractivity contribution < 1.29 is 19.4 Å². The van der Waals surface area contributed by atoms with Gasteiger partial charge < -0.3 is 9.84 Å². The van der Waals surface area contributed by atoms with Crippen LogP contribution in [0.3, 0.4) is 0 Å². The van der Waals surface area contributed by atoms with E-state index >= 15 is 0 Å². The van der Waals surface area contributed by atoms with E-state index in [2.05, 4.69) is 13.8 Å². The highest BCUT2D eigenvalue weighted by molar-refractivity contribution is 6.28. The molecule has 0 aromatic heterocycles. The summed E-state index contributed by atoms with van der Waals surface area (Å²) < 4.78 is 5.31. The van der Waals surface area contributed by atoms with Crippen molar-refractivity contribution in [2.24, 2.45) is 0 Å². The zero-order valence-electron chi connectivity index (χ0n) is 11.8. The van der Waals surface area contributed by atoms with Gasteiger partial charge in [-0.1, -0.05) is 40.0 Å². The van der Waals surface area contributed by atoms with Gasteiger partial charge in [-0.15, -0.1) is 0 Å². The molecule has 0 bridgehead atoms. The SMILES string of the molecule is CCCCC(CCC)(CCCC)OC(=O)C(=O)O. The lowest BCUT2D eigenvalue weighted by atomic mass is 9.86. The van der Waals surface area contributed by atoms with Crippen molar-refractivity contribution in [3.63, 3.8) is 0 Å². The van der Waals surface area contributed by atoms with Gasteiger partial charge >= 0.3 is 11.9 Å². The Labute approximate surface area is 110 Å². The van der Waals surface area contributed by atoms with E-state index in [1.165, 1.54) is 0 Å². The van der Waals surface area contributed by atoms with Gasteiger partial charge in [0.05, 0.1) is 0 Å². The number of unbranched alkanes of at least 4 members (excludes halogenated alkanes) is 2. The van der Waals surface area contributed by atoms with Crippen molar-refractivity contribution in [2.45, 2.75) is 77.7 Å². The first-order chi connectivity index (χ1) is 8.51. The maximum absolute atomic E-state index is 11.3. The lowest BCUT2D eigenvalue weighted by Crippen LogP contribution is -2.37. The van der Waals surface area contributed by atoms with Crippen LogP contribution in [0.1, 0.15) is 72.1 Å². The number of aliphatic carboxylic acids is 1. The molecule has 0 aromatic carbocycles. The number of hydrogen-bond acceptors (Lipinski definition) is 3. The largest absolute Gasteiger partial charge is 0.473 e. The molecule has 1 N–H and O–H groups in total. The van der Waals surface area contributed by atoms with E-state index in [1.807, 2.05) is 6.92 Å². The zero-order chi connectivity index (χ0) is 14.0. The maximum atomic E-state index is 11.3. The van der Waals surface area contributed by atoms with Crippen LogP contribution >= 0.6 is 0 Å². The lowest BCUT2D eigenvalue weighted by molar-refractivity contribution is -0.176. The van der Waals surface area contributed by atoms with Gasteiger partial charge in [0.15, 0.2) is 0 Å². The summed E-state index contributed by atoms with van der Waals surface area (Å²) >= 11 is 0. The maximum Gasteiger partial charge on any atom is 0.417 e. The molecule has 0 aromatic rings. The van der Waals surface area contributed by atoms with Crippen molar-refractivity contribution in [1.29, 1.82) is 0 Å². The second kappa shape index (κ2) is 8.95. The van der Waals surface area contributed by atoms with Crippen LogP contribution in [0.25, 0.3) is 0 Å². The van der Waals surface area contributed by atoms with E-state index in [0.29, 0.717) is 0 Å². The molecule has 0 saturated heterocycles. The van der Waals surface area contributed by atoms with E-state index in [4.69, 9.17) is 9.84 Å². The lowest BCUT2D eigenvalue weighted by Gasteiger charge is -2.33. The Morgan fingerprint density at radius 3 is 1.78 bits per heavy atom. The molecule has 0 fully saturated rings. The van der Waals surface area contributed by atoms with Gasteiger partial charge in [-0.25, -0.2) is 9.59 Å². The van der Waals surface area contributed by atoms with E-state index in [-0.39, 0.29) is 0 Å². The minimum atomic E-state index is -1.50. The molecule has 4 nitrogen and oxygen atoms in total. The van der Waals surface area contributed by atoms with Gasteiger partial charge in [-0.2, -0.15) is 0 Å². The number of carbonyl (C=O) groups is 2. The number of rotatable bonds is 9. The van der Waals surface area contributed by atoms with Gasteiger partial charge in [0.1, 0.15) is 5.60 Å². The third kappa shape index (κ3) is 6.03. The van der Waals surface area contributed by atoms with E-state index in [9.17, 15) is 9.59 Å². The molecule has 0 aliphatic carbocycles. The van der Waals surface area contributed by atoms with Crippen molar-refractivity contribution >= 4 is 11.9 Å². The van der Waals surface area contributed by atoms with Crippen LogP contribution < -0.4 is 0 Å². The zero-order valence-corrected chi connectivity index (χ0v) is 11.8. The number of ether oxygens (including phenoxy) is 1. The third-order valence-electron chi connectivity index (χ3n) is 3.16. The highest BCUT2D eigenvalue weighted by Gasteiger charge is 2.34. The first kappa shape index (κ1) is 16.9. The predicted molar refractivity (Wildman–Crippen MR) is 70.4 cm³/mol. The fourth-order valence-corrected chi connectivity index (χ4v) is 2.22. The van der Waals surface area contributed by atoms with Crippen LogP contribution in [0, 0.1) is 0 Å². The molecule has 0 radical (unpaired) electrons. The molecule has 0 aliphatic heterocycles. The average Bonchev–Trinajstić information content (AvgIpc) is 2.34. The van der Waals surface area contributed by atoms with Crippen molar-refractivity contribution in [3.8, 4) is 0 Å². The summed E-state index contributed by atoms with van der Waals surface area (Å²) in [6, 6.07) is 0. The van der Waals surface area contributed by atoms with Gasteiger partial charge in [0, 0.05) is 0 Å². The van der Waals surface area contributed by atoms with Crippen LogP contribution in [-0.2, 0) is 14.3 Å². The molecule has 0 amide bonds. The number of esters is 1. The standard InChI is InChI=1S/C14H26O4/c1-4-7-10-14(9-6-3,11-8-5-2)18-13(17)12(15)16/h4-11H2,1-3H3,(H,15,16). The Morgan fingerprint density at radius 2 is 1.44 bits per heavy atom. The molecular weight excluding hydrogens is 232 g/mol. The molecule has 18 heavy (non-hydrogen) atoms. The smallest absolute Gasteiger partial charge is 0.417 e. The Bertz CT molecular complexity index is 253. The van der Waals surface area contributed by atoms with Crippen molar-refractivity contribution in [3.05, 3.63) is 0 Å². The number of carboxylic acid groups (broad SMARTS) is 1. The van der Waals surface area contributed by atoms with Gasteiger partial charge in [0.25, 0.3) is 0 Å². The molecule has 0 spiro atoms. The Kier molecular flexibility index (Phi) is 8.42. The van der Waals surface area contributed by atoms with Crippen molar-refractivity contribution in [1.82, 2.24) is 0 Å². The second-order valence-corrected chi connectivity index (χ2v) is 4.83. The third-order valence-corrected chi connectivity index (χ3v) is 3.16. The molecule has 106 valence electrons. The number of hydrogen-bond donors (Lipinski definition) is 1. The van der Waals surface area contributed by atoms with Crippen LogP contribution in [0.4, 0.5) is 0 Å². The van der Waals surface area contributed by atoms with Crippen LogP contribution in [0.15, 0.2) is 0 Å². The quantitative estimate of drug-likeness (QED) is 0.507. The summed E-state index contributed by atoms with van der Waals surface area (Å²) in [5.74, 6) is -2.61. The van der Waals surface area contributed by atoms with Crippen LogP contribution in [0.2, 0.25) is 0 Å². The summed E-state index contributed by atoms with van der Waals surface area (Å²) in [6.45, 7) is 6.19. The highest BCUT2D eigenvalue weighted by atomic mass is 16.6. The summed E-state index contributed by atoms with van der Waals surface area (Å²) in [4.78, 5) is 22.0. The van der Waals surface area contributed by atoms with Gasteiger partial charge in [-0.05, 0) is 32.1 Å². The van der Waals surface area contributed by atoms with Gasteiger partial charge in [0.2, 0.25) is 0 Å². The van der Waals surface area contributed by atoms with Crippen LogP contribution in [-0.4, -0.2) is 22.6 Å². The van der Waals surface area contributed by atoms with Gasteiger partial charge in [-0.3, -0.25) is 0 Å². The van der Waals surface area contributed by atoms with E-state index in [1.54, 1.807) is 0 Å². The van der Waals surface area contributed by atoms with Crippen LogP contribution in [0.5, 0.6) is 0 Å². The molecule has 0 heterocycles. The average molecular weight is 258 g/mol. The topological polar surface area (TPSA) is 63.6 Å². The molecule has 0 saturated carbocycles. The minimum absolute atomic E-state index is 0.573. The predicted octanol–water partition coefficient (Wildman–Crippen LogP) is 3.53.